The number of ether oxygens (including phenoxy) is 1. The summed E-state index contributed by atoms with van der Waals surface area (Å²) < 4.78 is 42.9. The second-order valence-electron chi connectivity index (χ2n) is 7.22. The molecule has 1 unspecified atom stereocenters. The Morgan fingerprint density at radius 2 is 1.88 bits per heavy atom. The fraction of sp³-hybridized carbons (Fsp3) is 0.647. The molecule has 0 aromatic carbocycles. The van der Waals surface area contributed by atoms with Gasteiger partial charge in [0.05, 0.1) is 6.10 Å². The molecule has 2 heterocycles. The highest BCUT2D eigenvalue weighted by atomic mass is 19.4. The predicted octanol–water partition coefficient (Wildman–Crippen LogP) is 3.78. The molecule has 1 aliphatic rings. The first-order valence-corrected chi connectivity index (χ1v) is 8.16. The van der Waals surface area contributed by atoms with Gasteiger partial charge in [0.2, 0.25) is 0 Å². The van der Waals surface area contributed by atoms with Crippen molar-refractivity contribution >= 4 is 6.09 Å². The molecular weight excluding hydrogens is 337 g/mol. The van der Waals surface area contributed by atoms with Crippen LogP contribution in [0, 0.1) is 5.92 Å². The van der Waals surface area contributed by atoms with E-state index in [0.717, 1.165) is 12.3 Å². The van der Waals surface area contributed by atoms with Crippen LogP contribution < -0.4 is 0 Å². The molecule has 1 amide bonds. The van der Waals surface area contributed by atoms with Gasteiger partial charge in [0, 0.05) is 19.3 Å². The van der Waals surface area contributed by atoms with Crippen molar-refractivity contribution in [3.05, 3.63) is 29.6 Å². The van der Waals surface area contributed by atoms with Crippen LogP contribution in [0.15, 0.2) is 18.3 Å². The van der Waals surface area contributed by atoms with Crippen LogP contribution >= 0.6 is 0 Å². The number of carbonyl (C=O) groups excluding carboxylic acids is 1. The summed E-state index contributed by atoms with van der Waals surface area (Å²) in [6, 6.07) is 2.12. The summed E-state index contributed by atoms with van der Waals surface area (Å²) in [6.45, 7) is 6.24. The number of piperidine rings is 1. The molecule has 1 fully saturated rings. The van der Waals surface area contributed by atoms with E-state index in [9.17, 15) is 23.1 Å². The molecule has 25 heavy (non-hydrogen) atoms. The Morgan fingerprint density at radius 1 is 1.28 bits per heavy atom. The lowest BCUT2D eigenvalue weighted by atomic mass is 9.88. The number of amides is 1. The molecule has 1 atom stereocenters. The van der Waals surface area contributed by atoms with Gasteiger partial charge in [0.15, 0.2) is 0 Å². The average Bonchev–Trinajstić information content (AvgIpc) is 2.52. The van der Waals surface area contributed by atoms with E-state index < -0.39 is 29.7 Å². The van der Waals surface area contributed by atoms with Crippen LogP contribution in [-0.2, 0) is 10.9 Å². The van der Waals surface area contributed by atoms with Gasteiger partial charge in [-0.3, -0.25) is 4.98 Å². The van der Waals surface area contributed by atoms with Gasteiger partial charge in [-0.2, -0.15) is 13.2 Å². The van der Waals surface area contributed by atoms with Crippen molar-refractivity contribution in [3.63, 3.8) is 0 Å². The van der Waals surface area contributed by atoms with Crippen LogP contribution in [0.1, 0.15) is 51.0 Å². The minimum absolute atomic E-state index is 0.141. The number of alkyl halides is 3. The maximum atomic E-state index is 12.5. The molecule has 1 aromatic heterocycles. The molecule has 0 aliphatic carbocycles. The summed E-state index contributed by atoms with van der Waals surface area (Å²) in [6.07, 6.45) is -3.65. The molecule has 0 radical (unpaired) electrons. The molecule has 1 aromatic rings. The molecule has 1 aliphatic heterocycles. The molecule has 2 rings (SSSR count). The smallest absolute Gasteiger partial charge is 0.433 e. The first-order chi connectivity index (χ1) is 11.5. The molecule has 0 spiro atoms. The molecule has 0 saturated carbocycles. The summed E-state index contributed by atoms with van der Waals surface area (Å²) in [4.78, 5) is 17.0. The van der Waals surface area contributed by atoms with Crippen LogP contribution in [0.3, 0.4) is 0 Å². The third kappa shape index (κ3) is 5.32. The number of halogens is 3. The van der Waals surface area contributed by atoms with Crippen LogP contribution in [0.25, 0.3) is 0 Å². The van der Waals surface area contributed by atoms with Gasteiger partial charge in [-0.25, -0.2) is 4.79 Å². The van der Waals surface area contributed by atoms with Gasteiger partial charge in [0.25, 0.3) is 0 Å². The number of carbonyl (C=O) groups is 1. The fourth-order valence-electron chi connectivity index (χ4n) is 2.74. The topological polar surface area (TPSA) is 62.7 Å². The van der Waals surface area contributed by atoms with Crippen molar-refractivity contribution in [2.75, 3.05) is 13.1 Å². The lowest BCUT2D eigenvalue weighted by Gasteiger charge is -2.35. The van der Waals surface area contributed by atoms with Crippen LogP contribution in [0.2, 0.25) is 0 Å². The standard InChI is InChI=1S/C17H23F3N2O3/c1-16(2,3)25-15(24)22-8-6-11(7-9-22)14(23)12-4-5-13(21-10-12)17(18,19)20/h4-5,10-11,14,23H,6-9H2,1-3H3. The lowest BCUT2D eigenvalue weighted by Crippen LogP contribution is -2.42. The van der Waals surface area contributed by atoms with Crippen LogP contribution in [0.5, 0.6) is 0 Å². The van der Waals surface area contributed by atoms with E-state index in [2.05, 4.69) is 4.98 Å². The normalized spacial score (nSPS) is 18.1. The Morgan fingerprint density at radius 3 is 2.32 bits per heavy atom. The van der Waals surface area contributed by atoms with E-state index in [1.807, 2.05) is 0 Å². The maximum absolute atomic E-state index is 12.5. The van der Waals surface area contributed by atoms with Gasteiger partial charge < -0.3 is 14.7 Å². The zero-order chi connectivity index (χ0) is 18.8. The van der Waals surface area contributed by atoms with Crippen LogP contribution in [-0.4, -0.2) is 39.8 Å². The Hall–Kier alpha value is -1.83. The number of nitrogens with zero attached hydrogens (tertiary/aromatic N) is 2. The molecule has 5 nitrogen and oxygen atoms in total. The summed E-state index contributed by atoms with van der Waals surface area (Å²) in [5, 5.41) is 10.4. The van der Waals surface area contributed by atoms with E-state index in [1.165, 1.54) is 6.07 Å². The summed E-state index contributed by atoms with van der Waals surface area (Å²) in [5.74, 6) is -0.141. The van der Waals surface area contributed by atoms with Gasteiger partial charge >= 0.3 is 12.3 Å². The zero-order valence-corrected chi connectivity index (χ0v) is 14.5. The lowest BCUT2D eigenvalue weighted by molar-refractivity contribution is -0.141. The first kappa shape index (κ1) is 19.5. The third-order valence-electron chi connectivity index (χ3n) is 4.06. The van der Waals surface area contributed by atoms with Crippen molar-refractivity contribution in [3.8, 4) is 0 Å². The van der Waals surface area contributed by atoms with Gasteiger partial charge in [0.1, 0.15) is 11.3 Å². The minimum atomic E-state index is -4.50. The highest BCUT2D eigenvalue weighted by molar-refractivity contribution is 5.68. The van der Waals surface area contributed by atoms with E-state index in [1.54, 1.807) is 25.7 Å². The SMILES string of the molecule is CC(C)(C)OC(=O)N1CCC(C(O)c2ccc(C(F)(F)F)nc2)CC1. The number of hydrogen-bond acceptors (Lipinski definition) is 4. The Kier molecular flexibility index (Phi) is 5.61. The van der Waals surface area contributed by atoms with Crippen molar-refractivity contribution in [2.45, 2.75) is 51.5 Å². The number of pyridine rings is 1. The van der Waals surface area contributed by atoms with Gasteiger partial charge in [-0.15, -0.1) is 0 Å². The number of rotatable bonds is 2. The molecule has 140 valence electrons. The van der Waals surface area contributed by atoms with E-state index >= 15 is 0 Å². The minimum Gasteiger partial charge on any atom is -0.444 e. The fourth-order valence-corrected chi connectivity index (χ4v) is 2.74. The average molecular weight is 360 g/mol. The molecule has 8 heteroatoms. The number of aromatic nitrogens is 1. The van der Waals surface area contributed by atoms with E-state index in [-0.39, 0.29) is 5.92 Å². The van der Waals surface area contributed by atoms with E-state index in [4.69, 9.17) is 4.74 Å². The number of aliphatic hydroxyl groups is 1. The summed E-state index contributed by atoms with van der Waals surface area (Å²) >= 11 is 0. The Bertz CT molecular complexity index is 589. The second-order valence-corrected chi connectivity index (χ2v) is 7.22. The van der Waals surface area contributed by atoms with E-state index in [0.29, 0.717) is 31.5 Å². The number of aliphatic hydroxyl groups excluding tert-OH is 1. The molecular formula is C17H23F3N2O3. The molecule has 1 saturated heterocycles. The monoisotopic (exact) mass is 360 g/mol. The number of likely N-dealkylation sites (tertiary alicyclic amines) is 1. The zero-order valence-electron chi connectivity index (χ0n) is 14.5. The van der Waals surface area contributed by atoms with Crippen molar-refractivity contribution in [1.82, 2.24) is 9.88 Å². The largest absolute Gasteiger partial charge is 0.444 e. The summed E-state index contributed by atoms with van der Waals surface area (Å²) in [5.41, 5.74) is -1.20. The first-order valence-electron chi connectivity index (χ1n) is 8.16. The van der Waals surface area contributed by atoms with Crippen molar-refractivity contribution in [2.24, 2.45) is 5.92 Å². The maximum Gasteiger partial charge on any atom is 0.433 e. The Labute approximate surface area is 144 Å². The second kappa shape index (κ2) is 7.19. The predicted molar refractivity (Wildman–Crippen MR) is 84.7 cm³/mol. The van der Waals surface area contributed by atoms with Crippen LogP contribution in [0.4, 0.5) is 18.0 Å². The third-order valence-corrected chi connectivity index (χ3v) is 4.06. The van der Waals surface area contributed by atoms with Crippen molar-refractivity contribution in [1.29, 1.82) is 0 Å². The highest BCUT2D eigenvalue weighted by Gasteiger charge is 2.34. The number of hydrogen-bond donors (Lipinski definition) is 1. The van der Waals surface area contributed by atoms with Crippen molar-refractivity contribution < 1.29 is 27.8 Å². The molecule has 1 N–H and O–H groups in total. The summed E-state index contributed by atoms with van der Waals surface area (Å²) in [7, 11) is 0. The Balaban J connectivity index is 1.93. The highest BCUT2D eigenvalue weighted by Crippen LogP contribution is 2.33. The van der Waals surface area contributed by atoms with Gasteiger partial charge in [-0.05, 0) is 51.2 Å². The van der Waals surface area contributed by atoms with Gasteiger partial charge in [-0.1, -0.05) is 6.07 Å². The molecule has 0 bridgehead atoms. The quantitative estimate of drug-likeness (QED) is 0.872.